The predicted molar refractivity (Wildman–Crippen MR) is 278 cm³/mol. The molecule has 0 radical (unpaired) electrons. The molecule has 0 unspecified atom stereocenters. The van der Waals surface area contributed by atoms with E-state index in [4.69, 9.17) is 4.74 Å². The first-order valence-corrected chi connectivity index (χ1v) is 23.1. The van der Waals surface area contributed by atoms with Crippen molar-refractivity contribution in [1.29, 1.82) is 0 Å². The van der Waals surface area contributed by atoms with Gasteiger partial charge in [-0.15, -0.1) is 0 Å². The molecule has 0 saturated heterocycles. The SMILES string of the molecule is c1ccc(-c2ccc(-c3ccc(N(c4ccccc4-c4ccc5c6c(cccc46)-c4ccccc4O5)c4cccc5c4-c4ccccc4C5(c4ccccc4)c4ccccc4)cc3)cc2)cc1. The largest absolute Gasteiger partial charge is 0.456 e. The van der Waals surface area contributed by atoms with Crippen LogP contribution in [0.1, 0.15) is 22.3 Å². The minimum atomic E-state index is -0.544. The summed E-state index contributed by atoms with van der Waals surface area (Å²) >= 11 is 0. The van der Waals surface area contributed by atoms with Gasteiger partial charge in [0.25, 0.3) is 0 Å². The number of hydrogen-bond donors (Lipinski definition) is 0. The van der Waals surface area contributed by atoms with Gasteiger partial charge in [0, 0.05) is 27.8 Å². The fraction of sp³-hybridized carbons (Fsp3) is 0.0154. The van der Waals surface area contributed by atoms with Crippen molar-refractivity contribution in [3.8, 4) is 67.1 Å². The van der Waals surface area contributed by atoms with E-state index < -0.39 is 5.41 Å². The topological polar surface area (TPSA) is 12.5 Å². The molecule has 0 spiro atoms. The third-order valence-corrected chi connectivity index (χ3v) is 14.0. The summed E-state index contributed by atoms with van der Waals surface area (Å²) in [4.78, 5) is 2.50. The van der Waals surface area contributed by atoms with Gasteiger partial charge in [-0.3, -0.25) is 0 Å². The summed E-state index contributed by atoms with van der Waals surface area (Å²) in [6.07, 6.45) is 0. The number of hydrogen-bond acceptors (Lipinski definition) is 2. The maximum atomic E-state index is 6.60. The fourth-order valence-corrected chi connectivity index (χ4v) is 11.1. The Morgan fingerprint density at radius 2 is 0.806 bits per heavy atom. The van der Waals surface area contributed by atoms with Crippen molar-refractivity contribution in [2.75, 3.05) is 4.90 Å². The third-order valence-electron chi connectivity index (χ3n) is 14.0. The molecule has 1 heterocycles. The van der Waals surface area contributed by atoms with E-state index in [-0.39, 0.29) is 0 Å². The summed E-state index contributed by atoms with van der Waals surface area (Å²) in [6, 6.07) is 95.0. The number of fused-ring (bicyclic) bond motifs is 5. The minimum absolute atomic E-state index is 0.544. The molecule has 2 heteroatoms. The molecule has 2 aliphatic rings. The molecule has 0 bridgehead atoms. The van der Waals surface area contributed by atoms with Crippen molar-refractivity contribution in [2.24, 2.45) is 0 Å². The van der Waals surface area contributed by atoms with Crippen LogP contribution in [0.3, 0.4) is 0 Å². The molecule has 13 rings (SSSR count). The van der Waals surface area contributed by atoms with Crippen LogP contribution in [0.15, 0.2) is 261 Å². The van der Waals surface area contributed by atoms with Gasteiger partial charge in [-0.1, -0.05) is 218 Å². The number of ether oxygens (including phenoxy) is 1. The highest BCUT2D eigenvalue weighted by Crippen LogP contribution is 2.60. The molecule has 1 aliphatic carbocycles. The number of nitrogens with zero attached hydrogens (tertiary/aromatic N) is 1. The normalized spacial score (nSPS) is 12.7. The van der Waals surface area contributed by atoms with Crippen LogP contribution in [0.5, 0.6) is 11.5 Å². The molecule has 11 aromatic carbocycles. The quantitative estimate of drug-likeness (QED) is 0.151. The Balaban J connectivity index is 1.04. The molecule has 0 atom stereocenters. The second-order valence-electron chi connectivity index (χ2n) is 17.5. The van der Waals surface area contributed by atoms with Crippen molar-refractivity contribution in [3.63, 3.8) is 0 Å². The summed E-state index contributed by atoms with van der Waals surface area (Å²) in [7, 11) is 0. The van der Waals surface area contributed by atoms with Crippen LogP contribution in [-0.2, 0) is 5.41 Å². The summed E-state index contributed by atoms with van der Waals surface area (Å²) < 4.78 is 6.60. The molecular formula is C65H43NO. The summed E-state index contributed by atoms with van der Waals surface area (Å²) in [5.41, 5.74) is 19.6. The second-order valence-corrected chi connectivity index (χ2v) is 17.5. The van der Waals surface area contributed by atoms with Crippen molar-refractivity contribution in [2.45, 2.75) is 5.41 Å². The molecule has 0 aromatic heterocycles. The Morgan fingerprint density at radius 1 is 0.299 bits per heavy atom. The van der Waals surface area contributed by atoms with E-state index in [0.717, 1.165) is 61.6 Å². The average molecular weight is 854 g/mol. The molecule has 0 fully saturated rings. The van der Waals surface area contributed by atoms with E-state index in [2.05, 4.69) is 260 Å². The van der Waals surface area contributed by atoms with Gasteiger partial charge in [0.15, 0.2) is 0 Å². The lowest BCUT2D eigenvalue weighted by Gasteiger charge is -2.34. The van der Waals surface area contributed by atoms with Crippen molar-refractivity contribution >= 4 is 27.8 Å². The molecule has 1 aliphatic heterocycles. The van der Waals surface area contributed by atoms with E-state index in [1.54, 1.807) is 0 Å². The monoisotopic (exact) mass is 853 g/mol. The second kappa shape index (κ2) is 15.8. The van der Waals surface area contributed by atoms with Gasteiger partial charge in [-0.05, 0) is 109 Å². The lowest BCUT2D eigenvalue weighted by Crippen LogP contribution is -2.28. The summed E-state index contributed by atoms with van der Waals surface area (Å²) in [5.74, 6) is 1.77. The van der Waals surface area contributed by atoms with Gasteiger partial charge in [0.1, 0.15) is 11.5 Å². The molecule has 0 saturated carbocycles. The van der Waals surface area contributed by atoms with E-state index >= 15 is 0 Å². The summed E-state index contributed by atoms with van der Waals surface area (Å²) in [6.45, 7) is 0. The van der Waals surface area contributed by atoms with Gasteiger partial charge < -0.3 is 9.64 Å². The van der Waals surface area contributed by atoms with Gasteiger partial charge in [-0.2, -0.15) is 0 Å². The fourth-order valence-electron chi connectivity index (χ4n) is 11.1. The zero-order chi connectivity index (χ0) is 44.3. The van der Waals surface area contributed by atoms with Crippen molar-refractivity contribution in [3.05, 3.63) is 283 Å². The van der Waals surface area contributed by atoms with Crippen LogP contribution in [0.4, 0.5) is 17.1 Å². The first-order chi connectivity index (χ1) is 33.3. The Bertz CT molecular complexity index is 3600. The highest BCUT2D eigenvalue weighted by molar-refractivity contribution is 6.12. The molecule has 314 valence electrons. The first-order valence-electron chi connectivity index (χ1n) is 23.1. The van der Waals surface area contributed by atoms with Crippen LogP contribution in [0.2, 0.25) is 0 Å². The summed E-state index contributed by atoms with van der Waals surface area (Å²) in [5, 5.41) is 2.29. The molecule has 11 aromatic rings. The van der Waals surface area contributed by atoms with Crippen LogP contribution >= 0.6 is 0 Å². The van der Waals surface area contributed by atoms with E-state index in [0.29, 0.717) is 0 Å². The van der Waals surface area contributed by atoms with Gasteiger partial charge in [0.2, 0.25) is 0 Å². The van der Waals surface area contributed by atoms with Gasteiger partial charge >= 0.3 is 0 Å². The molecule has 2 nitrogen and oxygen atoms in total. The zero-order valence-electron chi connectivity index (χ0n) is 36.7. The third kappa shape index (κ3) is 6.11. The van der Waals surface area contributed by atoms with E-state index in [1.165, 1.54) is 55.6 Å². The van der Waals surface area contributed by atoms with E-state index in [1.807, 2.05) is 6.07 Å². The van der Waals surface area contributed by atoms with Crippen LogP contribution in [0.25, 0.3) is 66.4 Å². The predicted octanol–water partition coefficient (Wildman–Crippen LogP) is 17.4. The molecule has 0 N–H and O–H groups in total. The zero-order valence-corrected chi connectivity index (χ0v) is 36.7. The van der Waals surface area contributed by atoms with Gasteiger partial charge in [-0.25, -0.2) is 0 Å². The highest BCUT2D eigenvalue weighted by atomic mass is 16.5. The maximum Gasteiger partial charge on any atom is 0.135 e. The number of benzene rings is 11. The van der Waals surface area contributed by atoms with Crippen LogP contribution < -0.4 is 9.64 Å². The Kier molecular flexibility index (Phi) is 9.11. The van der Waals surface area contributed by atoms with Crippen LogP contribution in [0, 0.1) is 0 Å². The Morgan fingerprint density at radius 3 is 1.51 bits per heavy atom. The first kappa shape index (κ1) is 38.7. The number of para-hydroxylation sites is 2. The van der Waals surface area contributed by atoms with E-state index in [9.17, 15) is 0 Å². The van der Waals surface area contributed by atoms with Crippen molar-refractivity contribution in [1.82, 2.24) is 0 Å². The lowest BCUT2D eigenvalue weighted by atomic mass is 9.68. The standard InChI is InChI=1S/C65H43NO/c1-4-18-44(19-5-1)45-34-36-46(37-35-45)47-38-40-50(41-39-47)66(59-31-14-11-24-52(59)51-42-43-62-63-54(51)27-16-28-55(63)53-25-12-15-33-61(53)67-62)60-32-17-30-58-64(60)56-26-10-13-29-57(56)65(58,48-20-6-2-7-21-48)49-22-8-3-9-23-49/h1-43H. The lowest BCUT2D eigenvalue weighted by molar-refractivity contribution is 0.487. The maximum absolute atomic E-state index is 6.60. The van der Waals surface area contributed by atoms with Crippen molar-refractivity contribution < 1.29 is 4.74 Å². The Labute approximate surface area is 391 Å². The average Bonchev–Trinajstić information content (AvgIpc) is 3.72. The molecular weight excluding hydrogens is 811 g/mol. The molecule has 0 amide bonds. The van der Waals surface area contributed by atoms with Crippen LogP contribution in [-0.4, -0.2) is 0 Å². The number of rotatable bonds is 8. The highest BCUT2D eigenvalue weighted by Gasteiger charge is 2.47. The minimum Gasteiger partial charge on any atom is -0.456 e. The Hall–Kier alpha value is -8.72. The molecule has 67 heavy (non-hydrogen) atoms. The van der Waals surface area contributed by atoms with Gasteiger partial charge in [0.05, 0.1) is 16.8 Å². The smallest absolute Gasteiger partial charge is 0.135 e. The number of anilines is 3.